The van der Waals surface area contributed by atoms with E-state index in [0.717, 1.165) is 6.42 Å². The van der Waals surface area contributed by atoms with Crippen LogP contribution in [-0.4, -0.2) is 40.4 Å². The van der Waals surface area contributed by atoms with Crippen LogP contribution in [0, 0.1) is 11.8 Å². The Labute approximate surface area is 103 Å². The molecule has 0 bridgehead atoms. The molecule has 0 radical (unpaired) electrons. The number of hydrogen-bond donors (Lipinski definition) is 1. The Hall–Kier alpha value is -0.900. The van der Waals surface area contributed by atoms with Gasteiger partial charge in [0.15, 0.2) is 5.78 Å². The summed E-state index contributed by atoms with van der Waals surface area (Å²) in [6.45, 7) is 7.77. The third-order valence-corrected chi connectivity index (χ3v) is 3.92. The van der Waals surface area contributed by atoms with Crippen molar-refractivity contribution in [2.45, 2.75) is 52.7 Å². The first-order chi connectivity index (χ1) is 7.88. The summed E-state index contributed by atoms with van der Waals surface area (Å²) >= 11 is 0. The topological polar surface area (TPSA) is 57.6 Å². The van der Waals surface area contributed by atoms with Crippen molar-refractivity contribution in [1.82, 2.24) is 4.90 Å². The smallest absolute Gasteiger partial charge is 0.226 e. The van der Waals surface area contributed by atoms with Gasteiger partial charge in [-0.1, -0.05) is 27.2 Å². The molecular formula is C13H23NO3. The van der Waals surface area contributed by atoms with E-state index in [4.69, 9.17) is 0 Å². The fraction of sp³-hybridized carbons (Fsp3) is 0.846. The van der Waals surface area contributed by atoms with E-state index in [9.17, 15) is 14.7 Å². The first-order valence-corrected chi connectivity index (χ1v) is 6.37. The second kappa shape index (κ2) is 5.63. The predicted octanol–water partition coefficient (Wildman–Crippen LogP) is 1.22. The van der Waals surface area contributed by atoms with Crippen molar-refractivity contribution >= 4 is 11.7 Å². The normalized spacial score (nSPS) is 27.9. The maximum atomic E-state index is 12.3. The predicted molar refractivity (Wildman–Crippen MR) is 65.4 cm³/mol. The van der Waals surface area contributed by atoms with E-state index in [-0.39, 0.29) is 17.6 Å². The van der Waals surface area contributed by atoms with Gasteiger partial charge in [-0.15, -0.1) is 0 Å². The number of amides is 1. The first-order valence-electron chi connectivity index (χ1n) is 6.37. The Bertz CT molecular complexity index is 303. The van der Waals surface area contributed by atoms with Crippen LogP contribution in [-0.2, 0) is 9.59 Å². The minimum atomic E-state index is -0.558. The Kier molecular flexibility index (Phi) is 4.69. The minimum absolute atomic E-state index is 0.00361. The molecule has 17 heavy (non-hydrogen) atoms. The molecule has 0 spiro atoms. The lowest BCUT2D eigenvalue weighted by molar-refractivity contribution is -0.141. The Morgan fingerprint density at radius 1 is 1.41 bits per heavy atom. The van der Waals surface area contributed by atoms with Crippen molar-refractivity contribution in [1.29, 1.82) is 0 Å². The largest absolute Gasteiger partial charge is 0.391 e. The maximum absolute atomic E-state index is 12.3. The molecule has 1 aliphatic heterocycles. The molecule has 1 unspecified atom stereocenters. The second-order valence-corrected chi connectivity index (χ2v) is 5.18. The summed E-state index contributed by atoms with van der Waals surface area (Å²) in [5, 5.41) is 9.60. The molecular weight excluding hydrogens is 218 g/mol. The van der Waals surface area contributed by atoms with Crippen molar-refractivity contribution in [2.75, 3.05) is 6.54 Å². The number of ketones is 1. The zero-order chi connectivity index (χ0) is 13.2. The van der Waals surface area contributed by atoms with Gasteiger partial charge in [0.1, 0.15) is 0 Å². The van der Waals surface area contributed by atoms with Crippen LogP contribution in [0.1, 0.15) is 40.5 Å². The molecule has 0 saturated carbocycles. The zero-order valence-electron chi connectivity index (χ0n) is 11.1. The zero-order valence-corrected chi connectivity index (χ0v) is 11.1. The standard InChI is InChI=1S/C13H23NO3/c1-5-8(2)9(3)13(17)14-7-11(16)6-12(14)10(4)15/h8-9,11-12,16H,5-7H2,1-4H3/t8?,9-,11+,12-/m0/s1. The summed E-state index contributed by atoms with van der Waals surface area (Å²) in [6, 6.07) is -0.427. The van der Waals surface area contributed by atoms with E-state index in [2.05, 4.69) is 6.92 Å². The van der Waals surface area contributed by atoms with E-state index in [1.165, 1.54) is 6.92 Å². The highest BCUT2D eigenvalue weighted by atomic mass is 16.3. The fourth-order valence-electron chi connectivity index (χ4n) is 2.30. The SMILES string of the molecule is CCC(C)[C@H](C)C(=O)N1C[C@H](O)C[C@H]1C(C)=O. The summed E-state index contributed by atoms with van der Waals surface area (Å²) in [4.78, 5) is 25.3. The lowest BCUT2D eigenvalue weighted by Crippen LogP contribution is -2.43. The molecule has 1 amide bonds. The average molecular weight is 241 g/mol. The van der Waals surface area contributed by atoms with Crippen molar-refractivity contribution in [3.8, 4) is 0 Å². The van der Waals surface area contributed by atoms with E-state index in [1.54, 1.807) is 4.90 Å². The van der Waals surface area contributed by atoms with E-state index >= 15 is 0 Å². The Balaban J connectivity index is 2.77. The maximum Gasteiger partial charge on any atom is 0.226 e. The Morgan fingerprint density at radius 3 is 2.47 bits per heavy atom. The molecule has 1 N–H and O–H groups in total. The molecule has 1 fully saturated rings. The van der Waals surface area contributed by atoms with Crippen molar-refractivity contribution in [2.24, 2.45) is 11.8 Å². The molecule has 0 aromatic rings. The van der Waals surface area contributed by atoms with Crippen LogP contribution >= 0.6 is 0 Å². The quantitative estimate of drug-likeness (QED) is 0.805. The van der Waals surface area contributed by atoms with E-state index in [0.29, 0.717) is 18.9 Å². The molecule has 1 rings (SSSR count). The van der Waals surface area contributed by atoms with Crippen LogP contribution in [0.5, 0.6) is 0 Å². The Morgan fingerprint density at radius 2 is 2.00 bits per heavy atom. The highest BCUT2D eigenvalue weighted by Crippen LogP contribution is 2.24. The van der Waals surface area contributed by atoms with Gasteiger partial charge in [-0.05, 0) is 12.8 Å². The van der Waals surface area contributed by atoms with Gasteiger partial charge in [-0.2, -0.15) is 0 Å². The number of β-amino-alcohol motifs (C(OH)–C–C–N with tert-alkyl or cyclic N) is 1. The fourth-order valence-corrected chi connectivity index (χ4v) is 2.30. The molecule has 4 atom stereocenters. The van der Waals surface area contributed by atoms with Crippen molar-refractivity contribution < 1.29 is 14.7 Å². The van der Waals surface area contributed by atoms with Gasteiger partial charge in [0.25, 0.3) is 0 Å². The molecule has 1 aliphatic rings. The summed E-state index contributed by atoms with van der Waals surface area (Å²) in [7, 11) is 0. The third-order valence-electron chi connectivity index (χ3n) is 3.92. The second-order valence-electron chi connectivity index (χ2n) is 5.18. The summed E-state index contributed by atoms with van der Waals surface area (Å²) in [6.07, 6.45) is 0.763. The molecule has 4 heteroatoms. The van der Waals surface area contributed by atoms with E-state index < -0.39 is 12.1 Å². The van der Waals surface area contributed by atoms with Crippen molar-refractivity contribution in [3.63, 3.8) is 0 Å². The molecule has 1 heterocycles. The number of hydrogen-bond acceptors (Lipinski definition) is 3. The number of rotatable bonds is 4. The van der Waals surface area contributed by atoms with Gasteiger partial charge < -0.3 is 10.0 Å². The van der Waals surface area contributed by atoms with Gasteiger partial charge in [-0.3, -0.25) is 9.59 Å². The van der Waals surface area contributed by atoms with Gasteiger partial charge in [0.2, 0.25) is 5.91 Å². The lowest BCUT2D eigenvalue weighted by Gasteiger charge is -2.28. The van der Waals surface area contributed by atoms with Gasteiger partial charge >= 0.3 is 0 Å². The highest BCUT2D eigenvalue weighted by molar-refractivity contribution is 5.89. The van der Waals surface area contributed by atoms with Crippen LogP contribution in [0.2, 0.25) is 0 Å². The first kappa shape index (κ1) is 14.2. The average Bonchev–Trinajstić information content (AvgIpc) is 2.68. The van der Waals surface area contributed by atoms with Gasteiger partial charge in [0.05, 0.1) is 12.1 Å². The summed E-state index contributed by atoms with van der Waals surface area (Å²) in [5.74, 6) is 0.169. The number of aliphatic hydroxyl groups excluding tert-OH is 1. The number of Topliss-reactive ketones (excluding diaryl/α,β-unsaturated/α-hetero) is 1. The third kappa shape index (κ3) is 3.06. The summed E-state index contributed by atoms with van der Waals surface area (Å²) in [5.41, 5.74) is 0. The van der Waals surface area contributed by atoms with Gasteiger partial charge in [0, 0.05) is 18.9 Å². The van der Waals surface area contributed by atoms with E-state index in [1.807, 2.05) is 13.8 Å². The molecule has 0 aromatic heterocycles. The van der Waals surface area contributed by atoms with Crippen molar-refractivity contribution in [3.05, 3.63) is 0 Å². The monoisotopic (exact) mass is 241 g/mol. The molecule has 0 aromatic carbocycles. The molecule has 1 saturated heterocycles. The number of carbonyl (C=O) groups excluding carboxylic acids is 2. The highest BCUT2D eigenvalue weighted by Gasteiger charge is 2.39. The molecule has 98 valence electrons. The number of nitrogens with zero attached hydrogens (tertiary/aromatic N) is 1. The van der Waals surface area contributed by atoms with Crippen LogP contribution in [0.15, 0.2) is 0 Å². The minimum Gasteiger partial charge on any atom is -0.391 e. The van der Waals surface area contributed by atoms with Crippen LogP contribution in [0.25, 0.3) is 0 Å². The number of aliphatic hydroxyl groups is 1. The number of likely N-dealkylation sites (tertiary alicyclic amines) is 1. The lowest BCUT2D eigenvalue weighted by atomic mass is 9.92. The number of carbonyl (C=O) groups is 2. The van der Waals surface area contributed by atoms with Crippen LogP contribution < -0.4 is 0 Å². The molecule has 0 aliphatic carbocycles. The van der Waals surface area contributed by atoms with Crippen LogP contribution in [0.3, 0.4) is 0 Å². The molecule has 4 nitrogen and oxygen atoms in total. The van der Waals surface area contributed by atoms with Gasteiger partial charge in [-0.25, -0.2) is 0 Å². The summed E-state index contributed by atoms with van der Waals surface area (Å²) < 4.78 is 0. The van der Waals surface area contributed by atoms with Crippen LogP contribution in [0.4, 0.5) is 0 Å².